The molecular formula is C13H22N4OS. The largest absolute Gasteiger partial charge is 0.475 e. The molecule has 0 aliphatic carbocycles. The van der Waals surface area contributed by atoms with Gasteiger partial charge in [-0.05, 0) is 39.6 Å². The van der Waals surface area contributed by atoms with E-state index in [-0.39, 0.29) is 0 Å². The van der Waals surface area contributed by atoms with Crippen LogP contribution < -0.4 is 4.74 Å². The van der Waals surface area contributed by atoms with Crippen molar-refractivity contribution in [3.63, 3.8) is 0 Å². The van der Waals surface area contributed by atoms with Gasteiger partial charge in [-0.25, -0.2) is 0 Å². The Balaban J connectivity index is 1.92. The van der Waals surface area contributed by atoms with E-state index >= 15 is 0 Å². The van der Waals surface area contributed by atoms with Crippen molar-refractivity contribution in [3.05, 3.63) is 11.8 Å². The van der Waals surface area contributed by atoms with Gasteiger partial charge in [0.1, 0.15) is 5.69 Å². The van der Waals surface area contributed by atoms with Gasteiger partial charge in [-0.15, -0.1) is 4.37 Å². The lowest BCUT2D eigenvalue weighted by atomic mass is 10.1. The van der Waals surface area contributed by atoms with Crippen molar-refractivity contribution in [1.29, 1.82) is 0 Å². The maximum Gasteiger partial charge on any atom is 0.253 e. The topological polar surface area (TPSA) is 41.5 Å². The van der Waals surface area contributed by atoms with Gasteiger partial charge >= 0.3 is 0 Å². The molecule has 0 bridgehead atoms. The Kier molecular flexibility index (Phi) is 5.30. The molecule has 19 heavy (non-hydrogen) atoms. The third-order valence-corrected chi connectivity index (χ3v) is 3.60. The van der Waals surface area contributed by atoms with E-state index in [4.69, 9.17) is 4.74 Å². The SMILES string of the molecule is CN(C)CCCOc1nsnc1C1=CCCN(C)C1. The lowest BCUT2D eigenvalue weighted by molar-refractivity contribution is 0.274. The van der Waals surface area contributed by atoms with Crippen LogP contribution in [0.2, 0.25) is 0 Å². The van der Waals surface area contributed by atoms with Crippen LogP contribution in [0.25, 0.3) is 5.57 Å². The third kappa shape index (κ3) is 4.26. The van der Waals surface area contributed by atoms with Gasteiger partial charge in [0.25, 0.3) is 5.88 Å². The molecule has 6 heteroatoms. The molecule has 0 spiro atoms. The highest BCUT2D eigenvalue weighted by molar-refractivity contribution is 6.99. The van der Waals surface area contributed by atoms with Crippen molar-refractivity contribution in [1.82, 2.24) is 18.5 Å². The normalized spacial score (nSPS) is 16.7. The Bertz CT molecular complexity index is 430. The molecule has 0 N–H and O–H groups in total. The van der Waals surface area contributed by atoms with Gasteiger partial charge in [-0.3, -0.25) is 0 Å². The fourth-order valence-electron chi connectivity index (χ4n) is 2.09. The summed E-state index contributed by atoms with van der Waals surface area (Å²) < 4.78 is 14.4. The molecule has 106 valence electrons. The Hall–Kier alpha value is -0.980. The van der Waals surface area contributed by atoms with Gasteiger partial charge in [0, 0.05) is 19.6 Å². The summed E-state index contributed by atoms with van der Waals surface area (Å²) in [5.74, 6) is 0.699. The average molecular weight is 282 g/mol. The summed E-state index contributed by atoms with van der Waals surface area (Å²) in [5, 5.41) is 0. The molecule has 1 aliphatic heterocycles. The highest BCUT2D eigenvalue weighted by Gasteiger charge is 2.18. The van der Waals surface area contributed by atoms with Crippen molar-refractivity contribution < 1.29 is 4.74 Å². The van der Waals surface area contributed by atoms with Gasteiger partial charge in [0.2, 0.25) is 0 Å². The minimum Gasteiger partial charge on any atom is -0.475 e. The minimum atomic E-state index is 0.694. The van der Waals surface area contributed by atoms with Crippen LogP contribution in [0.3, 0.4) is 0 Å². The van der Waals surface area contributed by atoms with Crippen molar-refractivity contribution in [2.75, 3.05) is 47.4 Å². The van der Waals surface area contributed by atoms with E-state index in [1.54, 1.807) is 0 Å². The molecule has 0 saturated heterocycles. The Morgan fingerprint density at radius 2 is 2.26 bits per heavy atom. The zero-order valence-electron chi connectivity index (χ0n) is 11.9. The summed E-state index contributed by atoms with van der Waals surface area (Å²) >= 11 is 1.23. The Morgan fingerprint density at radius 1 is 1.42 bits per heavy atom. The molecule has 0 unspecified atom stereocenters. The molecule has 2 heterocycles. The molecule has 0 saturated carbocycles. The van der Waals surface area contributed by atoms with Crippen LogP contribution >= 0.6 is 11.7 Å². The summed E-state index contributed by atoms with van der Waals surface area (Å²) in [6, 6.07) is 0. The van der Waals surface area contributed by atoms with Crippen molar-refractivity contribution in [2.45, 2.75) is 12.8 Å². The second kappa shape index (κ2) is 6.98. The highest BCUT2D eigenvalue weighted by Crippen LogP contribution is 2.26. The number of nitrogens with zero attached hydrogens (tertiary/aromatic N) is 4. The number of hydrogen-bond acceptors (Lipinski definition) is 6. The van der Waals surface area contributed by atoms with Gasteiger partial charge < -0.3 is 14.5 Å². The summed E-state index contributed by atoms with van der Waals surface area (Å²) in [6.07, 6.45) is 4.33. The first kappa shape index (κ1) is 14.4. The smallest absolute Gasteiger partial charge is 0.253 e. The van der Waals surface area contributed by atoms with E-state index < -0.39 is 0 Å². The molecule has 1 aromatic heterocycles. The molecule has 0 radical (unpaired) electrons. The molecule has 2 rings (SSSR count). The van der Waals surface area contributed by atoms with Crippen LogP contribution in [0.1, 0.15) is 18.5 Å². The van der Waals surface area contributed by atoms with E-state index in [1.165, 1.54) is 17.3 Å². The number of likely N-dealkylation sites (N-methyl/N-ethyl adjacent to an activating group) is 1. The Morgan fingerprint density at radius 3 is 3.00 bits per heavy atom. The van der Waals surface area contributed by atoms with Crippen molar-refractivity contribution in [3.8, 4) is 5.88 Å². The van der Waals surface area contributed by atoms with E-state index in [0.29, 0.717) is 12.5 Å². The number of rotatable bonds is 6. The quantitative estimate of drug-likeness (QED) is 0.741. The third-order valence-electron chi connectivity index (χ3n) is 3.09. The second-order valence-electron chi connectivity index (χ2n) is 5.18. The van der Waals surface area contributed by atoms with Crippen molar-refractivity contribution in [2.24, 2.45) is 0 Å². The second-order valence-corrected chi connectivity index (χ2v) is 5.71. The lowest BCUT2D eigenvalue weighted by Gasteiger charge is -2.22. The van der Waals surface area contributed by atoms with E-state index in [9.17, 15) is 0 Å². The molecule has 1 aliphatic rings. The molecular weight excluding hydrogens is 260 g/mol. The number of hydrogen-bond donors (Lipinski definition) is 0. The van der Waals surface area contributed by atoms with Crippen LogP contribution in [0.4, 0.5) is 0 Å². The van der Waals surface area contributed by atoms with Crippen LogP contribution in [-0.4, -0.2) is 65.9 Å². The summed E-state index contributed by atoms with van der Waals surface area (Å²) in [6.45, 7) is 3.76. The lowest BCUT2D eigenvalue weighted by Crippen LogP contribution is -2.25. The van der Waals surface area contributed by atoms with Crippen LogP contribution in [-0.2, 0) is 0 Å². The van der Waals surface area contributed by atoms with Crippen LogP contribution in [0.5, 0.6) is 5.88 Å². The maximum atomic E-state index is 5.77. The first-order valence-electron chi connectivity index (χ1n) is 6.65. The van der Waals surface area contributed by atoms with E-state index in [0.717, 1.165) is 38.2 Å². The number of ether oxygens (including phenoxy) is 1. The zero-order chi connectivity index (χ0) is 13.7. The molecule has 0 atom stereocenters. The van der Waals surface area contributed by atoms with E-state index in [1.807, 2.05) is 0 Å². The van der Waals surface area contributed by atoms with Gasteiger partial charge in [-0.2, -0.15) is 4.37 Å². The predicted octanol–water partition coefficient (Wildman–Crippen LogP) is 1.59. The van der Waals surface area contributed by atoms with Gasteiger partial charge in [0.05, 0.1) is 18.3 Å². The highest BCUT2D eigenvalue weighted by atomic mass is 32.1. The summed E-state index contributed by atoms with van der Waals surface area (Å²) in [7, 11) is 6.27. The van der Waals surface area contributed by atoms with Crippen LogP contribution in [0.15, 0.2) is 6.08 Å². The Labute approximate surface area is 119 Å². The molecule has 0 aromatic carbocycles. The van der Waals surface area contributed by atoms with Gasteiger partial charge in [-0.1, -0.05) is 6.08 Å². The van der Waals surface area contributed by atoms with Crippen LogP contribution in [0, 0.1) is 0 Å². The van der Waals surface area contributed by atoms with E-state index in [2.05, 4.69) is 45.8 Å². The first-order chi connectivity index (χ1) is 9.16. The standard InChI is InChI=1S/C13H22N4OS/c1-16(2)7-5-9-18-13-12(14-19-15-13)11-6-4-8-17(3)10-11/h6H,4-5,7-10H2,1-3H3. The minimum absolute atomic E-state index is 0.694. The molecule has 5 nitrogen and oxygen atoms in total. The maximum absolute atomic E-state index is 5.77. The first-order valence-corrected chi connectivity index (χ1v) is 7.38. The molecule has 0 amide bonds. The monoisotopic (exact) mass is 282 g/mol. The average Bonchev–Trinajstić information content (AvgIpc) is 2.83. The molecule has 1 aromatic rings. The van der Waals surface area contributed by atoms with Gasteiger partial charge in [0.15, 0.2) is 0 Å². The summed E-state index contributed by atoms with van der Waals surface area (Å²) in [4.78, 5) is 4.45. The number of aromatic nitrogens is 2. The zero-order valence-corrected chi connectivity index (χ0v) is 12.7. The fraction of sp³-hybridized carbons (Fsp3) is 0.692. The fourth-order valence-corrected chi connectivity index (χ4v) is 2.62. The summed E-state index contributed by atoms with van der Waals surface area (Å²) in [5.41, 5.74) is 2.17. The predicted molar refractivity (Wildman–Crippen MR) is 78.7 cm³/mol. The molecule has 0 fully saturated rings. The van der Waals surface area contributed by atoms with Crippen molar-refractivity contribution >= 4 is 17.3 Å².